The van der Waals surface area contributed by atoms with Crippen molar-refractivity contribution in [2.45, 2.75) is 57.8 Å². The van der Waals surface area contributed by atoms with Crippen LogP contribution in [-0.2, 0) is 9.53 Å². The maximum Gasteiger partial charge on any atom is 0.341 e. The SMILES string of the molecule is CC(C)[C@](O)(C(=O)OC[C@H]1CCN2CCC[C@@H]12)[C@H](C)O. The Morgan fingerprint density at radius 1 is 1.35 bits per heavy atom. The first-order valence-corrected chi connectivity index (χ1v) is 7.69. The van der Waals surface area contributed by atoms with Gasteiger partial charge in [0.15, 0.2) is 5.60 Å². The van der Waals surface area contributed by atoms with Gasteiger partial charge in [-0.05, 0) is 45.2 Å². The molecule has 116 valence electrons. The Bertz CT molecular complexity index is 348. The molecule has 2 heterocycles. The van der Waals surface area contributed by atoms with Crippen LogP contribution in [0.25, 0.3) is 0 Å². The highest BCUT2D eigenvalue weighted by Crippen LogP contribution is 2.33. The predicted molar refractivity (Wildman–Crippen MR) is 75.1 cm³/mol. The van der Waals surface area contributed by atoms with Crippen LogP contribution in [0.1, 0.15) is 40.0 Å². The third kappa shape index (κ3) is 2.71. The summed E-state index contributed by atoms with van der Waals surface area (Å²) in [6.45, 7) is 7.43. The predicted octanol–water partition coefficient (Wildman–Crippen LogP) is 0.782. The summed E-state index contributed by atoms with van der Waals surface area (Å²) in [5.41, 5.74) is -1.81. The molecule has 0 saturated carbocycles. The molecule has 5 heteroatoms. The molecule has 0 radical (unpaired) electrons. The van der Waals surface area contributed by atoms with Crippen LogP contribution in [0.2, 0.25) is 0 Å². The highest BCUT2D eigenvalue weighted by Gasteiger charge is 2.46. The Balaban J connectivity index is 1.91. The summed E-state index contributed by atoms with van der Waals surface area (Å²) in [6.07, 6.45) is 2.31. The fourth-order valence-electron chi connectivity index (χ4n) is 3.57. The van der Waals surface area contributed by atoms with Crippen LogP contribution in [0.5, 0.6) is 0 Å². The summed E-state index contributed by atoms with van der Waals surface area (Å²) in [7, 11) is 0. The molecule has 2 aliphatic heterocycles. The van der Waals surface area contributed by atoms with E-state index in [0.29, 0.717) is 18.6 Å². The summed E-state index contributed by atoms with van der Waals surface area (Å²) >= 11 is 0. The van der Waals surface area contributed by atoms with Crippen molar-refractivity contribution in [1.82, 2.24) is 4.90 Å². The van der Waals surface area contributed by atoms with Crippen molar-refractivity contribution in [2.75, 3.05) is 19.7 Å². The van der Waals surface area contributed by atoms with E-state index < -0.39 is 17.7 Å². The maximum atomic E-state index is 12.2. The Kier molecular flexibility index (Phi) is 4.72. The van der Waals surface area contributed by atoms with E-state index in [2.05, 4.69) is 4.90 Å². The Morgan fingerprint density at radius 3 is 2.65 bits per heavy atom. The van der Waals surface area contributed by atoms with Gasteiger partial charge in [-0.2, -0.15) is 0 Å². The van der Waals surface area contributed by atoms with Gasteiger partial charge < -0.3 is 14.9 Å². The van der Waals surface area contributed by atoms with Crippen molar-refractivity contribution in [2.24, 2.45) is 11.8 Å². The summed E-state index contributed by atoms with van der Waals surface area (Å²) in [4.78, 5) is 14.6. The van der Waals surface area contributed by atoms with Crippen molar-refractivity contribution in [3.05, 3.63) is 0 Å². The van der Waals surface area contributed by atoms with Crippen LogP contribution >= 0.6 is 0 Å². The number of ether oxygens (including phenoxy) is 1. The van der Waals surface area contributed by atoms with E-state index in [0.717, 1.165) is 19.5 Å². The van der Waals surface area contributed by atoms with Gasteiger partial charge in [-0.3, -0.25) is 4.90 Å². The van der Waals surface area contributed by atoms with Gasteiger partial charge in [0.2, 0.25) is 0 Å². The standard InChI is InChI=1S/C15H27NO4/c1-10(2)15(19,11(3)17)14(18)20-9-12-6-8-16-7-4-5-13(12)16/h10-13,17,19H,4-9H2,1-3H3/t11-,12+,13-,15+/m0/s1. The lowest BCUT2D eigenvalue weighted by molar-refractivity contribution is -0.186. The van der Waals surface area contributed by atoms with Crippen molar-refractivity contribution in [1.29, 1.82) is 0 Å². The van der Waals surface area contributed by atoms with E-state index >= 15 is 0 Å². The first-order valence-electron chi connectivity index (χ1n) is 7.69. The highest BCUT2D eigenvalue weighted by molar-refractivity contribution is 5.80. The molecule has 2 N–H and O–H groups in total. The average Bonchev–Trinajstić information content (AvgIpc) is 2.97. The highest BCUT2D eigenvalue weighted by atomic mass is 16.6. The molecule has 0 aliphatic carbocycles. The molecular weight excluding hydrogens is 258 g/mol. The number of carbonyl (C=O) groups excluding carboxylic acids is 1. The first-order chi connectivity index (χ1) is 9.37. The van der Waals surface area contributed by atoms with Crippen LogP contribution in [-0.4, -0.2) is 58.5 Å². The second-order valence-corrected chi connectivity index (χ2v) is 6.55. The molecule has 20 heavy (non-hydrogen) atoms. The zero-order chi connectivity index (χ0) is 14.9. The second kappa shape index (κ2) is 6.00. The number of carbonyl (C=O) groups is 1. The number of aliphatic hydroxyl groups is 2. The lowest BCUT2D eigenvalue weighted by Crippen LogP contribution is -2.53. The number of rotatable bonds is 5. The lowest BCUT2D eigenvalue weighted by atomic mass is 9.85. The summed E-state index contributed by atoms with van der Waals surface area (Å²) in [5.74, 6) is -0.715. The minimum Gasteiger partial charge on any atom is -0.463 e. The molecule has 0 aromatic rings. The van der Waals surface area contributed by atoms with E-state index in [1.807, 2.05) is 0 Å². The average molecular weight is 285 g/mol. The van der Waals surface area contributed by atoms with Gasteiger partial charge in [-0.15, -0.1) is 0 Å². The second-order valence-electron chi connectivity index (χ2n) is 6.55. The molecular formula is C15H27NO4. The van der Waals surface area contributed by atoms with E-state index in [4.69, 9.17) is 4.74 Å². The van der Waals surface area contributed by atoms with Gasteiger partial charge in [0, 0.05) is 12.0 Å². The zero-order valence-corrected chi connectivity index (χ0v) is 12.7. The molecule has 2 fully saturated rings. The fraction of sp³-hybridized carbons (Fsp3) is 0.933. The summed E-state index contributed by atoms with van der Waals surface area (Å²) in [5, 5.41) is 20.1. The van der Waals surface area contributed by atoms with Crippen molar-refractivity contribution >= 4 is 5.97 Å². The molecule has 0 aromatic heterocycles. The van der Waals surface area contributed by atoms with Crippen LogP contribution in [0.4, 0.5) is 0 Å². The molecule has 2 saturated heterocycles. The van der Waals surface area contributed by atoms with Crippen LogP contribution in [0.3, 0.4) is 0 Å². The Morgan fingerprint density at radius 2 is 2.05 bits per heavy atom. The maximum absolute atomic E-state index is 12.2. The molecule has 4 atom stereocenters. The van der Waals surface area contributed by atoms with Gasteiger partial charge in [-0.25, -0.2) is 4.79 Å². The van der Waals surface area contributed by atoms with Gasteiger partial charge in [0.05, 0.1) is 12.7 Å². The summed E-state index contributed by atoms with van der Waals surface area (Å²) < 4.78 is 5.35. The number of hydrogen-bond acceptors (Lipinski definition) is 5. The van der Waals surface area contributed by atoms with Crippen molar-refractivity contribution in [3.63, 3.8) is 0 Å². The molecule has 0 aromatic carbocycles. The van der Waals surface area contributed by atoms with E-state index in [9.17, 15) is 15.0 Å². The monoisotopic (exact) mass is 285 g/mol. The first kappa shape index (κ1) is 15.7. The van der Waals surface area contributed by atoms with Gasteiger partial charge in [-0.1, -0.05) is 13.8 Å². The number of nitrogens with zero attached hydrogens (tertiary/aromatic N) is 1. The molecule has 0 spiro atoms. The summed E-state index contributed by atoms with van der Waals surface area (Å²) in [6, 6.07) is 0.529. The fourth-order valence-corrected chi connectivity index (χ4v) is 3.57. The minimum absolute atomic E-state index is 0.349. The van der Waals surface area contributed by atoms with Crippen molar-refractivity contribution < 1.29 is 19.7 Å². The van der Waals surface area contributed by atoms with Gasteiger partial charge in [0.25, 0.3) is 0 Å². The van der Waals surface area contributed by atoms with Gasteiger partial charge >= 0.3 is 5.97 Å². The number of esters is 1. The number of hydrogen-bond donors (Lipinski definition) is 2. The quantitative estimate of drug-likeness (QED) is 0.731. The van der Waals surface area contributed by atoms with Crippen LogP contribution in [0, 0.1) is 11.8 Å². The third-order valence-electron chi connectivity index (χ3n) is 5.02. The largest absolute Gasteiger partial charge is 0.463 e. The lowest BCUT2D eigenvalue weighted by Gasteiger charge is -2.33. The van der Waals surface area contributed by atoms with Gasteiger partial charge in [0.1, 0.15) is 0 Å². The molecule has 0 unspecified atom stereocenters. The molecule has 2 aliphatic rings. The van der Waals surface area contributed by atoms with Crippen molar-refractivity contribution in [3.8, 4) is 0 Å². The Labute approximate surface area is 120 Å². The molecule has 0 bridgehead atoms. The number of aliphatic hydroxyl groups excluding tert-OH is 1. The van der Waals surface area contributed by atoms with E-state index in [1.165, 1.54) is 19.8 Å². The number of fused-ring (bicyclic) bond motifs is 1. The third-order valence-corrected chi connectivity index (χ3v) is 5.02. The molecule has 5 nitrogen and oxygen atoms in total. The Hall–Kier alpha value is -0.650. The minimum atomic E-state index is -1.81. The van der Waals surface area contributed by atoms with Crippen LogP contribution in [0.15, 0.2) is 0 Å². The van der Waals surface area contributed by atoms with E-state index in [1.54, 1.807) is 13.8 Å². The zero-order valence-electron chi connectivity index (χ0n) is 12.7. The smallest absolute Gasteiger partial charge is 0.341 e. The van der Waals surface area contributed by atoms with E-state index in [-0.39, 0.29) is 5.92 Å². The van der Waals surface area contributed by atoms with Crippen LogP contribution < -0.4 is 0 Å². The topological polar surface area (TPSA) is 70.0 Å². The normalized spacial score (nSPS) is 31.1. The molecule has 2 rings (SSSR count). The molecule has 0 amide bonds.